The highest BCUT2D eigenvalue weighted by Crippen LogP contribution is 2.14. The van der Waals surface area contributed by atoms with Gasteiger partial charge in [-0.3, -0.25) is 0 Å². The van der Waals surface area contributed by atoms with Gasteiger partial charge in [-0.1, -0.05) is 6.92 Å². The molecule has 0 aliphatic carbocycles. The van der Waals surface area contributed by atoms with Gasteiger partial charge in [0, 0.05) is 6.61 Å². The molecule has 1 unspecified atom stereocenters. The molecule has 1 N–H and O–H groups in total. The SMILES string of the molecule is CCCOCC(COCC(F)(F)F)NC. The second-order valence-electron chi connectivity index (χ2n) is 3.19. The lowest BCUT2D eigenvalue weighted by Crippen LogP contribution is -2.36. The van der Waals surface area contributed by atoms with Crippen molar-refractivity contribution in [2.24, 2.45) is 0 Å². The molecule has 0 aliphatic rings. The number of rotatable bonds is 8. The van der Waals surface area contributed by atoms with E-state index >= 15 is 0 Å². The number of hydrogen-bond donors (Lipinski definition) is 1. The molecule has 0 aromatic carbocycles. The molecule has 0 saturated carbocycles. The van der Waals surface area contributed by atoms with Gasteiger partial charge in [-0.05, 0) is 13.5 Å². The Bertz CT molecular complexity index is 153. The van der Waals surface area contributed by atoms with E-state index in [1.165, 1.54) is 0 Å². The van der Waals surface area contributed by atoms with Gasteiger partial charge in [0.25, 0.3) is 0 Å². The average molecular weight is 229 g/mol. The van der Waals surface area contributed by atoms with E-state index in [1.807, 2.05) is 6.92 Å². The molecular formula is C9H18F3NO2. The molecule has 0 heterocycles. The molecule has 92 valence electrons. The summed E-state index contributed by atoms with van der Waals surface area (Å²) < 4.78 is 44.9. The molecule has 3 nitrogen and oxygen atoms in total. The summed E-state index contributed by atoms with van der Waals surface area (Å²) in [6, 6.07) is -0.195. The van der Waals surface area contributed by atoms with Crippen LogP contribution in [-0.4, -0.2) is 45.7 Å². The van der Waals surface area contributed by atoms with E-state index in [0.717, 1.165) is 6.42 Å². The Hall–Kier alpha value is -0.330. The monoisotopic (exact) mass is 229 g/mol. The van der Waals surface area contributed by atoms with Gasteiger partial charge in [-0.15, -0.1) is 0 Å². The quantitative estimate of drug-likeness (QED) is 0.641. The van der Waals surface area contributed by atoms with Crippen molar-refractivity contribution < 1.29 is 22.6 Å². The second-order valence-corrected chi connectivity index (χ2v) is 3.19. The van der Waals surface area contributed by atoms with Gasteiger partial charge in [0.2, 0.25) is 0 Å². The van der Waals surface area contributed by atoms with Crippen molar-refractivity contribution in [3.8, 4) is 0 Å². The molecule has 0 amide bonds. The Balaban J connectivity index is 3.52. The topological polar surface area (TPSA) is 30.5 Å². The molecule has 15 heavy (non-hydrogen) atoms. The van der Waals surface area contributed by atoms with Crippen LogP contribution in [0.3, 0.4) is 0 Å². The molecule has 0 rings (SSSR count). The first kappa shape index (κ1) is 14.7. The number of alkyl halides is 3. The van der Waals surface area contributed by atoms with E-state index < -0.39 is 12.8 Å². The van der Waals surface area contributed by atoms with Crippen molar-refractivity contribution in [3.05, 3.63) is 0 Å². The van der Waals surface area contributed by atoms with Crippen LogP contribution >= 0.6 is 0 Å². The maximum Gasteiger partial charge on any atom is 0.411 e. The summed E-state index contributed by atoms with van der Waals surface area (Å²) in [6.45, 7) is 1.73. The fraction of sp³-hybridized carbons (Fsp3) is 1.00. The zero-order chi connectivity index (χ0) is 11.7. The molecular weight excluding hydrogens is 211 g/mol. The van der Waals surface area contributed by atoms with Crippen molar-refractivity contribution in [2.45, 2.75) is 25.6 Å². The van der Waals surface area contributed by atoms with E-state index in [4.69, 9.17) is 4.74 Å². The first-order valence-corrected chi connectivity index (χ1v) is 4.89. The van der Waals surface area contributed by atoms with Crippen molar-refractivity contribution in [1.29, 1.82) is 0 Å². The Morgan fingerprint density at radius 3 is 2.27 bits per heavy atom. The van der Waals surface area contributed by atoms with Gasteiger partial charge in [-0.25, -0.2) is 0 Å². The largest absolute Gasteiger partial charge is 0.411 e. The van der Waals surface area contributed by atoms with E-state index in [2.05, 4.69) is 10.1 Å². The van der Waals surface area contributed by atoms with Crippen LogP contribution in [0.25, 0.3) is 0 Å². The standard InChI is InChI=1S/C9H18F3NO2/c1-3-4-14-5-8(13-2)6-15-7-9(10,11)12/h8,13H,3-7H2,1-2H3. The first-order valence-electron chi connectivity index (χ1n) is 4.89. The van der Waals surface area contributed by atoms with E-state index in [1.54, 1.807) is 7.05 Å². The van der Waals surface area contributed by atoms with Crippen LogP contribution in [0.4, 0.5) is 13.2 Å². The minimum Gasteiger partial charge on any atom is -0.380 e. The predicted octanol–water partition coefficient (Wildman–Crippen LogP) is 1.58. The molecule has 0 spiro atoms. The van der Waals surface area contributed by atoms with Crippen molar-refractivity contribution in [2.75, 3.05) is 33.5 Å². The molecule has 1 atom stereocenters. The third-order valence-corrected chi connectivity index (χ3v) is 1.66. The molecule has 0 fully saturated rings. The van der Waals surface area contributed by atoms with Gasteiger partial charge in [0.05, 0.1) is 19.3 Å². The summed E-state index contributed by atoms with van der Waals surface area (Å²) in [4.78, 5) is 0. The third-order valence-electron chi connectivity index (χ3n) is 1.66. The van der Waals surface area contributed by atoms with Crippen LogP contribution in [0.1, 0.15) is 13.3 Å². The molecule has 0 bridgehead atoms. The Kier molecular flexibility index (Phi) is 7.72. The van der Waals surface area contributed by atoms with Crippen LogP contribution in [0.15, 0.2) is 0 Å². The van der Waals surface area contributed by atoms with Gasteiger partial charge in [0.1, 0.15) is 6.61 Å². The van der Waals surface area contributed by atoms with Crippen LogP contribution in [0.2, 0.25) is 0 Å². The van der Waals surface area contributed by atoms with E-state index in [-0.39, 0.29) is 12.6 Å². The molecule has 0 aromatic rings. The number of nitrogens with one attached hydrogen (secondary N) is 1. The van der Waals surface area contributed by atoms with Crippen LogP contribution in [0, 0.1) is 0 Å². The van der Waals surface area contributed by atoms with Gasteiger partial charge >= 0.3 is 6.18 Å². The second kappa shape index (κ2) is 7.90. The summed E-state index contributed by atoms with van der Waals surface area (Å²) in [5.41, 5.74) is 0. The zero-order valence-corrected chi connectivity index (χ0v) is 9.06. The lowest BCUT2D eigenvalue weighted by Gasteiger charge is -2.17. The summed E-state index contributed by atoms with van der Waals surface area (Å²) in [5, 5.41) is 2.83. The van der Waals surface area contributed by atoms with Gasteiger partial charge < -0.3 is 14.8 Å². The lowest BCUT2D eigenvalue weighted by atomic mass is 10.3. The summed E-state index contributed by atoms with van der Waals surface area (Å²) >= 11 is 0. The number of halogens is 3. The molecule has 6 heteroatoms. The maximum atomic E-state index is 11.7. The highest BCUT2D eigenvalue weighted by atomic mass is 19.4. The molecule has 0 saturated heterocycles. The maximum absolute atomic E-state index is 11.7. The molecule has 0 aromatic heterocycles. The van der Waals surface area contributed by atoms with E-state index in [0.29, 0.717) is 13.2 Å². The van der Waals surface area contributed by atoms with E-state index in [9.17, 15) is 13.2 Å². The minimum absolute atomic E-state index is 0.000274. The normalized spacial score (nSPS) is 14.2. The molecule has 0 radical (unpaired) electrons. The van der Waals surface area contributed by atoms with Crippen LogP contribution < -0.4 is 5.32 Å². The fourth-order valence-corrected chi connectivity index (χ4v) is 0.902. The smallest absolute Gasteiger partial charge is 0.380 e. The van der Waals surface area contributed by atoms with Crippen molar-refractivity contribution >= 4 is 0 Å². The van der Waals surface area contributed by atoms with Crippen LogP contribution in [0.5, 0.6) is 0 Å². The zero-order valence-electron chi connectivity index (χ0n) is 9.06. The summed E-state index contributed by atoms with van der Waals surface area (Å²) in [7, 11) is 1.66. The highest BCUT2D eigenvalue weighted by molar-refractivity contribution is 4.62. The number of likely N-dealkylation sites (N-methyl/N-ethyl adjacent to an activating group) is 1. The van der Waals surface area contributed by atoms with Crippen LogP contribution in [-0.2, 0) is 9.47 Å². The fourth-order valence-electron chi connectivity index (χ4n) is 0.902. The van der Waals surface area contributed by atoms with Gasteiger partial charge in [0.15, 0.2) is 0 Å². The molecule has 0 aliphatic heterocycles. The third kappa shape index (κ3) is 9.96. The highest BCUT2D eigenvalue weighted by Gasteiger charge is 2.27. The summed E-state index contributed by atoms with van der Waals surface area (Å²) in [6.07, 6.45) is -3.37. The summed E-state index contributed by atoms with van der Waals surface area (Å²) in [5.74, 6) is 0. The Morgan fingerprint density at radius 2 is 1.80 bits per heavy atom. The predicted molar refractivity (Wildman–Crippen MR) is 50.8 cm³/mol. The van der Waals surface area contributed by atoms with Crippen molar-refractivity contribution in [1.82, 2.24) is 5.32 Å². The first-order chi connectivity index (χ1) is 6.99. The number of hydrogen-bond acceptors (Lipinski definition) is 3. The van der Waals surface area contributed by atoms with Gasteiger partial charge in [-0.2, -0.15) is 13.2 Å². The average Bonchev–Trinajstić information content (AvgIpc) is 2.14. The number of ether oxygens (including phenoxy) is 2. The minimum atomic E-state index is -4.26. The van der Waals surface area contributed by atoms with Crippen molar-refractivity contribution in [3.63, 3.8) is 0 Å². The Morgan fingerprint density at radius 1 is 1.20 bits per heavy atom. The lowest BCUT2D eigenvalue weighted by molar-refractivity contribution is -0.176. The Labute approximate surface area is 87.9 Å².